The monoisotopic (exact) mass is 539 g/mol. The lowest BCUT2D eigenvalue weighted by molar-refractivity contribution is 0.0576. The van der Waals surface area contributed by atoms with E-state index in [0.29, 0.717) is 28.5 Å². The number of halogens is 1. The number of hydrogen-bond donors (Lipinski definition) is 2. The van der Waals surface area contributed by atoms with E-state index in [1.54, 1.807) is 70.9 Å². The lowest BCUT2D eigenvalue weighted by Gasteiger charge is -2.27. The SMILES string of the molecule is COc1ccc(CN(C(=O)OC(C)(C)C)c2ccc(C(O)c3c[nH]c4ncc(Br)cc34)cn2)cn1. The van der Waals surface area contributed by atoms with E-state index >= 15 is 0 Å². The zero-order valence-corrected chi connectivity index (χ0v) is 21.4. The Hall–Kier alpha value is -3.50. The number of carbonyl (C=O) groups is 1. The van der Waals surface area contributed by atoms with E-state index in [9.17, 15) is 9.90 Å². The first-order chi connectivity index (χ1) is 16.6. The summed E-state index contributed by atoms with van der Waals surface area (Å²) in [6, 6.07) is 8.87. The zero-order valence-electron chi connectivity index (χ0n) is 19.8. The molecule has 0 aromatic carbocycles. The Morgan fingerprint density at radius 2 is 1.94 bits per heavy atom. The number of aromatic amines is 1. The van der Waals surface area contributed by atoms with Crippen molar-refractivity contribution in [3.05, 3.63) is 76.3 Å². The molecule has 2 N–H and O–H groups in total. The third-order valence-electron chi connectivity index (χ3n) is 5.15. The van der Waals surface area contributed by atoms with Crippen LogP contribution in [0.3, 0.4) is 0 Å². The van der Waals surface area contributed by atoms with Crippen LogP contribution in [0.15, 0.2) is 59.6 Å². The second-order valence-corrected chi connectivity index (χ2v) is 9.84. The van der Waals surface area contributed by atoms with E-state index in [1.165, 1.54) is 4.90 Å². The number of aromatic nitrogens is 4. The molecule has 35 heavy (non-hydrogen) atoms. The Morgan fingerprint density at radius 1 is 1.14 bits per heavy atom. The number of aliphatic hydroxyl groups excluding tert-OH is 1. The number of nitrogens with zero attached hydrogens (tertiary/aromatic N) is 4. The minimum Gasteiger partial charge on any atom is -0.481 e. The van der Waals surface area contributed by atoms with Gasteiger partial charge in [-0.1, -0.05) is 12.1 Å². The molecule has 0 radical (unpaired) electrons. The molecule has 10 heteroatoms. The highest BCUT2D eigenvalue weighted by molar-refractivity contribution is 9.10. The second kappa shape index (κ2) is 10.0. The molecule has 4 heterocycles. The highest BCUT2D eigenvalue weighted by atomic mass is 79.9. The Balaban J connectivity index is 1.61. The molecule has 0 saturated heterocycles. The molecule has 0 fully saturated rings. The second-order valence-electron chi connectivity index (χ2n) is 8.92. The van der Waals surface area contributed by atoms with E-state index in [-0.39, 0.29) is 6.54 Å². The van der Waals surface area contributed by atoms with Gasteiger partial charge in [-0.05, 0) is 54.4 Å². The fourth-order valence-electron chi connectivity index (χ4n) is 3.49. The van der Waals surface area contributed by atoms with Gasteiger partial charge >= 0.3 is 6.09 Å². The van der Waals surface area contributed by atoms with Gasteiger partial charge in [-0.15, -0.1) is 0 Å². The molecule has 0 bridgehead atoms. The largest absolute Gasteiger partial charge is 0.481 e. The van der Waals surface area contributed by atoms with Crippen molar-refractivity contribution >= 4 is 38.9 Å². The van der Waals surface area contributed by atoms with Crippen molar-refractivity contribution in [1.82, 2.24) is 19.9 Å². The van der Waals surface area contributed by atoms with Gasteiger partial charge in [0.2, 0.25) is 5.88 Å². The maximum Gasteiger partial charge on any atom is 0.416 e. The number of anilines is 1. The molecular formula is C25H26BrN5O4. The first-order valence-corrected chi connectivity index (χ1v) is 11.7. The maximum atomic E-state index is 13.0. The third kappa shape index (κ3) is 5.77. The standard InChI is InChI=1S/C25H26BrN5O4/c1-25(2,3)35-24(33)31(14-15-5-8-21(34-4)28-10-15)20-7-6-16(11-27-20)22(32)19-13-30-23-18(19)9-17(26)12-29-23/h5-13,22,32H,14H2,1-4H3,(H,29,30). The molecule has 4 aromatic rings. The molecule has 9 nitrogen and oxygen atoms in total. The molecule has 0 saturated carbocycles. The number of fused-ring (bicyclic) bond motifs is 1. The summed E-state index contributed by atoms with van der Waals surface area (Å²) in [5.41, 5.74) is 2.03. The number of rotatable bonds is 6. The van der Waals surface area contributed by atoms with Crippen LogP contribution in [-0.2, 0) is 11.3 Å². The fraction of sp³-hybridized carbons (Fsp3) is 0.280. The van der Waals surface area contributed by atoms with Gasteiger partial charge in [0, 0.05) is 51.8 Å². The summed E-state index contributed by atoms with van der Waals surface area (Å²) in [7, 11) is 1.54. The van der Waals surface area contributed by atoms with Gasteiger partial charge in [0.25, 0.3) is 0 Å². The molecule has 0 spiro atoms. The number of methoxy groups -OCH3 is 1. The van der Waals surface area contributed by atoms with E-state index in [1.807, 2.05) is 12.1 Å². The first kappa shape index (κ1) is 24.6. The summed E-state index contributed by atoms with van der Waals surface area (Å²) in [5, 5.41) is 11.8. The third-order valence-corrected chi connectivity index (χ3v) is 5.58. The van der Waals surface area contributed by atoms with Crippen LogP contribution < -0.4 is 9.64 Å². The van der Waals surface area contributed by atoms with Gasteiger partial charge in [0.05, 0.1) is 13.7 Å². The van der Waals surface area contributed by atoms with Crippen LogP contribution in [-0.4, -0.2) is 43.8 Å². The normalized spacial score (nSPS) is 12.4. The maximum absolute atomic E-state index is 13.0. The molecule has 182 valence electrons. The number of H-pyrrole nitrogens is 1. The average molecular weight is 540 g/mol. The van der Waals surface area contributed by atoms with Gasteiger partial charge in [0.1, 0.15) is 23.2 Å². The molecule has 4 aromatic heterocycles. The molecule has 1 unspecified atom stereocenters. The van der Waals surface area contributed by atoms with Gasteiger partial charge in [-0.25, -0.2) is 19.7 Å². The zero-order chi connectivity index (χ0) is 25.2. The molecule has 0 aliphatic heterocycles. The number of aliphatic hydroxyl groups is 1. The van der Waals surface area contributed by atoms with Crippen molar-refractivity contribution in [3.63, 3.8) is 0 Å². The van der Waals surface area contributed by atoms with Crippen LogP contribution in [0.1, 0.15) is 43.6 Å². The highest BCUT2D eigenvalue weighted by Crippen LogP contribution is 2.30. The average Bonchev–Trinajstić information content (AvgIpc) is 3.24. The lowest BCUT2D eigenvalue weighted by Crippen LogP contribution is -2.37. The Bertz CT molecular complexity index is 1320. The topological polar surface area (TPSA) is 113 Å². The fourth-order valence-corrected chi connectivity index (χ4v) is 3.82. The minimum atomic E-state index is -0.929. The van der Waals surface area contributed by atoms with E-state index in [2.05, 4.69) is 35.9 Å². The van der Waals surface area contributed by atoms with Crippen molar-refractivity contribution in [2.24, 2.45) is 0 Å². The number of pyridine rings is 3. The summed E-state index contributed by atoms with van der Waals surface area (Å²) >= 11 is 3.42. The van der Waals surface area contributed by atoms with Gasteiger partial charge in [-0.2, -0.15) is 0 Å². The van der Waals surface area contributed by atoms with Gasteiger partial charge in [-0.3, -0.25) is 4.90 Å². The molecular weight excluding hydrogens is 514 g/mol. The van der Waals surface area contributed by atoms with Crippen LogP contribution in [0.2, 0.25) is 0 Å². The Labute approximate surface area is 211 Å². The smallest absolute Gasteiger partial charge is 0.416 e. The summed E-state index contributed by atoms with van der Waals surface area (Å²) in [6.45, 7) is 5.61. The number of hydrogen-bond acceptors (Lipinski definition) is 7. The molecule has 1 atom stereocenters. The first-order valence-electron chi connectivity index (χ1n) is 10.9. The van der Waals surface area contributed by atoms with E-state index < -0.39 is 17.8 Å². The van der Waals surface area contributed by atoms with Crippen LogP contribution in [0.25, 0.3) is 11.0 Å². The Kier molecular flexibility index (Phi) is 7.04. The highest BCUT2D eigenvalue weighted by Gasteiger charge is 2.25. The minimum absolute atomic E-state index is 0.197. The molecule has 0 aliphatic carbocycles. The quantitative estimate of drug-likeness (QED) is 0.348. The van der Waals surface area contributed by atoms with Crippen molar-refractivity contribution in [2.75, 3.05) is 12.0 Å². The van der Waals surface area contributed by atoms with Gasteiger partial charge in [0.15, 0.2) is 0 Å². The molecule has 0 aliphatic rings. The number of ether oxygens (including phenoxy) is 2. The van der Waals surface area contributed by atoms with Crippen molar-refractivity contribution < 1.29 is 19.4 Å². The van der Waals surface area contributed by atoms with Crippen LogP contribution in [0.5, 0.6) is 5.88 Å². The van der Waals surface area contributed by atoms with Crippen molar-refractivity contribution in [1.29, 1.82) is 0 Å². The predicted octanol–water partition coefficient (Wildman–Crippen LogP) is 5.15. The summed E-state index contributed by atoms with van der Waals surface area (Å²) in [5.74, 6) is 0.864. The Morgan fingerprint density at radius 3 is 2.57 bits per heavy atom. The molecule has 4 rings (SSSR count). The summed E-state index contributed by atoms with van der Waals surface area (Å²) < 4.78 is 11.5. The lowest BCUT2D eigenvalue weighted by atomic mass is 10.0. The summed E-state index contributed by atoms with van der Waals surface area (Å²) in [4.78, 5) is 30.5. The van der Waals surface area contributed by atoms with Crippen molar-refractivity contribution in [2.45, 2.75) is 39.0 Å². The van der Waals surface area contributed by atoms with Crippen LogP contribution in [0.4, 0.5) is 10.6 Å². The van der Waals surface area contributed by atoms with E-state index in [4.69, 9.17) is 9.47 Å². The number of nitrogens with one attached hydrogen (secondary N) is 1. The number of carbonyl (C=O) groups excluding carboxylic acids is 1. The molecule has 1 amide bonds. The predicted molar refractivity (Wildman–Crippen MR) is 135 cm³/mol. The van der Waals surface area contributed by atoms with Crippen molar-refractivity contribution in [3.8, 4) is 5.88 Å². The van der Waals surface area contributed by atoms with Gasteiger partial charge < -0.3 is 19.6 Å². The number of amides is 1. The van der Waals surface area contributed by atoms with E-state index in [0.717, 1.165) is 15.4 Å². The van der Waals surface area contributed by atoms with Crippen LogP contribution in [0, 0.1) is 0 Å². The summed E-state index contributed by atoms with van der Waals surface area (Å²) in [6.07, 6.45) is 5.14. The van der Waals surface area contributed by atoms with Crippen LogP contribution >= 0.6 is 15.9 Å².